The van der Waals surface area contributed by atoms with Crippen LogP contribution < -0.4 is 15.4 Å². The molecule has 0 spiro atoms. The molecule has 0 saturated carbocycles. The molecule has 12 heteroatoms. The summed E-state index contributed by atoms with van der Waals surface area (Å²) in [7, 11) is -3.49. The monoisotopic (exact) mass is 518 g/mol. The molecule has 186 valence electrons. The highest BCUT2D eigenvalue weighted by atomic mass is 35.5. The predicted octanol–water partition coefficient (Wildman–Crippen LogP) is 5.23. The third kappa shape index (κ3) is 8.53. The van der Waals surface area contributed by atoms with Crippen molar-refractivity contribution in [1.29, 1.82) is 0 Å². The van der Waals surface area contributed by atoms with Gasteiger partial charge in [0.2, 0.25) is 15.9 Å². The molecule has 0 unspecified atom stereocenters. The Bertz CT molecular complexity index is 1150. The number of aromatic nitrogens is 1. The van der Waals surface area contributed by atoms with Crippen molar-refractivity contribution in [2.75, 3.05) is 22.8 Å². The first-order valence-electron chi connectivity index (χ1n) is 10.4. The molecule has 1 aromatic carbocycles. The predicted molar refractivity (Wildman–Crippen MR) is 128 cm³/mol. The van der Waals surface area contributed by atoms with Gasteiger partial charge in [0.1, 0.15) is 11.5 Å². The van der Waals surface area contributed by atoms with Crippen molar-refractivity contribution >= 4 is 45.1 Å². The summed E-state index contributed by atoms with van der Waals surface area (Å²) in [4.78, 5) is 16.1. The number of anilines is 2. The largest absolute Gasteiger partial charge is 0.433 e. The highest BCUT2D eigenvalue weighted by Crippen LogP contribution is 2.30. The first-order valence-corrected chi connectivity index (χ1v) is 12.6. The van der Waals surface area contributed by atoms with Crippen molar-refractivity contribution in [1.82, 2.24) is 10.3 Å². The molecule has 1 aromatic heterocycles. The molecule has 0 fully saturated rings. The molecule has 0 aliphatic rings. The number of rotatable bonds is 10. The summed E-state index contributed by atoms with van der Waals surface area (Å²) in [6.07, 6.45) is 0.614. The van der Waals surface area contributed by atoms with E-state index in [4.69, 9.17) is 11.6 Å². The number of hydrogen-bond donors (Lipinski definition) is 3. The summed E-state index contributed by atoms with van der Waals surface area (Å²) >= 11 is 6.12. The Kier molecular flexibility index (Phi) is 9.34. The van der Waals surface area contributed by atoms with Crippen LogP contribution in [0.4, 0.5) is 24.7 Å². The van der Waals surface area contributed by atoms with E-state index in [9.17, 15) is 26.4 Å². The normalized spacial score (nSPS) is 13.0. The molecule has 34 heavy (non-hydrogen) atoms. The van der Waals surface area contributed by atoms with Crippen LogP contribution in [0.25, 0.3) is 6.08 Å². The number of nitrogens with zero attached hydrogens (tertiary/aromatic N) is 1. The third-order valence-corrected chi connectivity index (χ3v) is 5.50. The van der Waals surface area contributed by atoms with Gasteiger partial charge >= 0.3 is 6.18 Å². The minimum atomic E-state index is -4.58. The molecule has 0 saturated heterocycles. The van der Waals surface area contributed by atoms with Crippen molar-refractivity contribution in [2.45, 2.75) is 38.9 Å². The van der Waals surface area contributed by atoms with Crippen LogP contribution in [-0.2, 0) is 21.0 Å². The summed E-state index contributed by atoms with van der Waals surface area (Å²) in [6, 6.07) is 6.27. The second-order valence-electron chi connectivity index (χ2n) is 7.59. The molecule has 1 heterocycles. The van der Waals surface area contributed by atoms with E-state index in [0.717, 1.165) is 25.2 Å². The third-order valence-electron chi connectivity index (χ3n) is 4.60. The van der Waals surface area contributed by atoms with E-state index in [1.54, 1.807) is 13.0 Å². The van der Waals surface area contributed by atoms with E-state index in [1.807, 2.05) is 6.92 Å². The summed E-state index contributed by atoms with van der Waals surface area (Å²) < 4.78 is 64.1. The summed E-state index contributed by atoms with van der Waals surface area (Å²) in [5.41, 5.74) is 0.159. The van der Waals surface area contributed by atoms with Gasteiger partial charge in [0, 0.05) is 18.2 Å². The minimum absolute atomic E-state index is 0.0427. The number of benzene rings is 1. The Morgan fingerprint density at radius 3 is 2.53 bits per heavy atom. The smallest absolute Gasteiger partial charge is 0.370 e. The van der Waals surface area contributed by atoms with Crippen LogP contribution in [0.2, 0.25) is 5.02 Å². The Morgan fingerprint density at radius 1 is 1.24 bits per heavy atom. The number of carbonyl (C=O) groups excluding carboxylic acids is 1. The van der Waals surface area contributed by atoms with Gasteiger partial charge < -0.3 is 10.6 Å². The summed E-state index contributed by atoms with van der Waals surface area (Å²) in [5, 5.41) is 5.78. The highest BCUT2D eigenvalue weighted by Gasteiger charge is 2.33. The second-order valence-corrected chi connectivity index (χ2v) is 9.75. The Labute approximate surface area is 201 Å². The highest BCUT2D eigenvalue weighted by molar-refractivity contribution is 7.92. The van der Waals surface area contributed by atoms with Crippen LogP contribution in [-0.4, -0.2) is 32.1 Å². The van der Waals surface area contributed by atoms with Crippen LogP contribution in [0.1, 0.15) is 49.6 Å². The van der Waals surface area contributed by atoms with E-state index in [0.29, 0.717) is 17.7 Å². The Morgan fingerprint density at radius 2 is 1.94 bits per heavy atom. The van der Waals surface area contributed by atoms with Crippen molar-refractivity contribution in [3.8, 4) is 0 Å². The van der Waals surface area contributed by atoms with E-state index in [-0.39, 0.29) is 16.5 Å². The van der Waals surface area contributed by atoms with Gasteiger partial charge in [-0.1, -0.05) is 31.0 Å². The SMILES string of the molecule is CCCCNc1nc(C(F)(F)F)ccc1C=CC(=O)N[C@H](C)c1ccc(NS(C)(=O)=O)c(Cl)c1. The number of halogens is 4. The van der Waals surface area contributed by atoms with Gasteiger partial charge in [-0.15, -0.1) is 0 Å². The maximum absolute atomic E-state index is 13.0. The fraction of sp³-hybridized carbons (Fsp3) is 0.364. The molecular weight excluding hydrogens is 493 g/mol. The molecule has 0 aliphatic heterocycles. The number of pyridine rings is 1. The fourth-order valence-electron chi connectivity index (χ4n) is 2.88. The molecule has 0 bridgehead atoms. The number of alkyl halides is 3. The van der Waals surface area contributed by atoms with E-state index in [1.165, 1.54) is 30.4 Å². The minimum Gasteiger partial charge on any atom is -0.370 e. The van der Waals surface area contributed by atoms with Gasteiger partial charge in [-0.3, -0.25) is 9.52 Å². The van der Waals surface area contributed by atoms with Crippen LogP contribution in [0, 0.1) is 0 Å². The number of carbonyl (C=O) groups is 1. The van der Waals surface area contributed by atoms with Gasteiger partial charge in [0.25, 0.3) is 0 Å². The molecule has 3 N–H and O–H groups in total. The second kappa shape index (κ2) is 11.6. The lowest BCUT2D eigenvalue weighted by molar-refractivity contribution is -0.141. The maximum Gasteiger partial charge on any atom is 0.433 e. The lowest BCUT2D eigenvalue weighted by atomic mass is 10.1. The lowest BCUT2D eigenvalue weighted by Gasteiger charge is -2.15. The van der Waals surface area contributed by atoms with Crippen LogP contribution in [0.5, 0.6) is 0 Å². The van der Waals surface area contributed by atoms with Gasteiger partial charge in [0.15, 0.2) is 0 Å². The van der Waals surface area contributed by atoms with Gasteiger partial charge in [-0.2, -0.15) is 13.2 Å². The zero-order valence-corrected chi connectivity index (χ0v) is 20.4. The Balaban J connectivity index is 2.13. The molecule has 1 atom stereocenters. The van der Waals surface area contributed by atoms with E-state index < -0.39 is 33.8 Å². The number of hydrogen-bond acceptors (Lipinski definition) is 5. The number of amides is 1. The lowest BCUT2D eigenvalue weighted by Crippen LogP contribution is -2.24. The topological polar surface area (TPSA) is 100 Å². The molecular formula is C22H26ClF3N4O3S. The molecule has 2 rings (SSSR count). The van der Waals surface area contributed by atoms with Crippen molar-refractivity contribution in [3.05, 3.63) is 58.3 Å². The molecule has 7 nitrogen and oxygen atoms in total. The van der Waals surface area contributed by atoms with E-state index in [2.05, 4.69) is 20.3 Å². The number of unbranched alkanes of at least 4 members (excludes halogenated alkanes) is 1. The average molecular weight is 519 g/mol. The summed E-state index contributed by atoms with van der Waals surface area (Å²) in [5.74, 6) is -0.442. The standard InChI is InChI=1S/C22H26ClF3N4O3S/c1-4-5-12-27-21-15(7-10-19(29-21)22(24,25)26)8-11-20(31)28-14(2)16-6-9-18(17(23)13-16)30-34(3,32)33/h6-11,13-14,30H,4-5,12H2,1-3H3,(H,27,29)(H,28,31)/t14-/m1/s1. The fourth-order valence-corrected chi connectivity index (χ4v) is 3.75. The first-order chi connectivity index (χ1) is 15.8. The zero-order chi connectivity index (χ0) is 25.5. The van der Waals surface area contributed by atoms with Crippen LogP contribution in [0.15, 0.2) is 36.4 Å². The van der Waals surface area contributed by atoms with Crippen LogP contribution in [0.3, 0.4) is 0 Å². The molecule has 0 aliphatic carbocycles. The summed E-state index contributed by atoms with van der Waals surface area (Å²) in [6.45, 7) is 4.11. The zero-order valence-electron chi connectivity index (χ0n) is 18.8. The molecule has 2 aromatic rings. The molecule has 1 amide bonds. The van der Waals surface area contributed by atoms with Gasteiger partial charge in [0.05, 0.1) is 23.0 Å². The average Bonchev–Trinajstić information content (AvgIpc) is 2.72. The van der Waals surface area contributed by atoms with Crippen LogP contribution >= 0.6 is 11.6 Å². The first kappa shape index (κ1) is 27.5. The molecule has 0 radical (unpaired) electrons. The quantitative estimate of drug-likeness (QED) is 0.295. The van der Waals surface area contributed by atoms with Gasteiger partial charge in [-0.05, 0) is 49.2 Å². The van der Waals surface area contributed by atoms with Gasteiger partial charge in [-0.25, -0.2) is 13.4 Å². The van der Waals surface area contributed by atoms with Crippen molar-refractivity contribution in [2.24, 2.45) is 0 Å². The van der Waals surface area contributed by atoms with Crippen molar-refractivity contribution in [3.63, 3.8) is 0 Å². The Hall–Kier alpha value is -2.79. The van der Waals surface area contributed by atoms with Crippen molar-refractivity contribution < 1.29 is 26.4 Å². The maximum atomic E-state index is 13.0. The number of nitrogens with one attached hydrogen (secondary N) is 3. The van der Waals surface area contributed by atoms with E-state index >= 15 is 0 Å². The number of sulfonamides is 1.